The Balaban J connectivity index is 4.53. The molecule has 0 N–H and O–H groups in total. The van der Waals surface area contributed by atoms with Crippen molar-refractivity contribution in [2.45, 2.75) is 200 Å². The smallest absolute Gasteiger partial charge is 0.306 e. The molecule has 0 radical (unpaired) electrons. The van der Waals surface area contributed by atoms with Crippen LogP contribution in [0.5, 0.6) is 0 Å². The number of carbonyl (C=O) groups is 3. The van der Waals surface area contributed by atoms with Crippen molar-refractivity contribution in [1.29, 1.82) is 0 Å². The Labute approximate surface area is 392 Å². The van der Waals surface area contributed by atoms with Gasteiger partial charge in [0.1, 0.15) is 13.2 Å². The first-order valence-corrected chi connectivity index (χ1v) is 25.2. The second-order valence-corrected chi connectivity index (χ2v) is 16.0. The van der Waals surface area contributed by atoms with Gasteiger partial charge in [0, 0.05) is 19.3 Å². The fourth-order valence-corrected chi connectivity index (χ4v) is 6.25. The molecule has 0 amide bonds. The molecule has 0 saturated heterocycles. The van der Waals surface area contributed by atoms with Crippen molar-refractivity contribution in [2.75, 3.05) is 13.2 Å². The van der Waals surface area contributed by atoms with Crippen LogP contribution >= 0.6 is 0 Å². The van der Waals surface area contributed by atoms with E-state index in [1.165, 1.54) is 0 Å². The molecule has 358 valence electrons. The van der Waals surface area contributed by atoms with Gasteiger partial charge in [-0.15, -0.1) is 0 Å². The number of hydrogen-bond acceptors (Lipinski definition) is 6. The summed E-state index contributed by atoms with van der Waals surface area (Å²) in [7, 11) is 0. The summed E-state index contributed by atoms with van der Waals surface area (Å²) in [5.74, 6) is -1.000. The minimum atomic E-state index is -0.817. The Morgan fingerprint density at radius 3 is 1.06 bits per heavy atom. The van der Waals surface area contributed by atoms with Crippen LogP contribution in [0.15, 0.2) is 134 Å². The number of hydrogen-bond donors (Lipinski definition) is 0. The maximum atomic E-state index is 12.8. The van der Waals surface area contributed by atoms with Crippen LogP contribution < -0.4 is 0 Å². The number of allylic oxidation sites excluding steroid dienone is 22. The number of carbonyl (C=O) groups excluding carboxylic acids is 3. The van der Waals surface area contributed by atoms with Gasteiger partial charge in [-0.25, -0.2) is 0 Å². The van der Waals surface area contributed by atoms with Crippen molar-refractivity contribution >= 4 is 17.9 Å². The van der Waals surface area contributed by atoms with Crippen molar-refractivity contribution < 1.29 is 28.6 Å². The third-order valence-corrected chi connectivity index (χ3v) is 9.94. The van der Waals surface area contributed by atoms with Crippen LogP contribution in [0.25, 0.3) is 0 Å². The van der Waals surface area contributed by atoms with E-state index in [0.717, 1.165) is 154 Å². The first kappa shape index (κ1) is 59.5. The van der Waals surface area contributed by atoms with Gasteiger partial charge in [0.15, 0.2) is 6.10 Å². The van der Waals surface area contributed by atoms with Gasteiger partial charge in [0.2, 0.25) is 0 Å². The van der Waals surface area contributed by atoms with Crippen LogP contribution in [0.4, 0.5) is 0 Å². The fraction of sp³-hybridized carbons (Fsp3) is 0.569. The van der Waals surface area contributed by atoms with Gasteiger partial charge in [-0.3, -0.25) is 14.4 Å². The van der Waals surface area contributed by atoms with Gasteiger partial charge in [-0.2, -0.15) is 0 Å². The van der Waals surface area contributed by atoms with Crippen molar-refractivity contribution in [2.24, 2.45) is 0 Å². The van der Waals surface area contributed by atoms with E-state index in [4.69, 9.17) is 14.2 Å². The molecule has 6 nitrogen and oxygen atoms in total. The zero-order valence-electron chi connectivity index (χ0n) is 40.7. The Kier molecular flexibility index (Phi) is 47.6. The molecule has 0 aliphatic heterocycles. The molecule has 0 aliphatic carbocycles. The predicted octanol–water partition coefficient (Wildman–Crippen LogP) is 16.7. The van der Waals surface area contributed by atoms with Gasteiger partial charge < -0.3 is 14.2 Å². The Morgan fingerprint density at radius 2 is 0.641 bits per heavy atom. The molecule has 0 aliphatic rings. The summed E-state index contributed by atoms with van der Waals surface area (Å²) in [5.41, 5.74) is 0. The van der Waals surface area contributed by atoms with Gasteiger partial charge in [-0.05, 0) is 116 Å². The van der Waals surface area contributed by atoms with Crippen LogP contribution in [-0.2, 0) is 28.6 Å². The zero-order valence-corrected chi connectivity index (χ0v) is 40.7. The van der Waals surface area contributed by atoms with Crippen molar-refractivity contribution in [1.82, 2.24) is 0 Å². The van der Waals surface area contributed by atoms with Crippen LogP contribution in [0, 0.1) is 0 Å². The molecule has 6 heteroatoms. The predicted molar refractivity (Wildman–Crippen MR) is 274 cm³/mol. The maximum Gasteiger partial charge on any atom is 0.306 e. The monoisotopic (exact) mass is 883 g/mol. The van der Waals surface area contributed by atoms with Gasteiger partial charge in [-0.1, -0.05) is 193 Å². The van der Waals surface area contributed by atoms with E-state index in [1.807, 2.05) is 6.08 Å². The van der Waals surface area contributed by atoms with E-state index in [1.54, 1.807) is 0 Å². The molecule has 0 spiro atoms. The van der Waals surface area contributed by atoms with Crippen molar-refractivity contribution in [3.63, 3.8) is 0 Å². The lowest BCUT2D eigenvalue weighted by atomic mass is 10.1. The molecule has 1 unspecified atom stereocenters. The zero-order chi connectivity index (χ0) is 46.5. The maximum absolute atomic E-state index is 12.8. The highest BCUT2D eigenvalue weighted by Gasteiger charge is 2.19. The molecule has 0 fully saturated rings. The SMILES string of the molecule is CC\C=C/C=C\C=C/CCCCCCCC(=O)OCC(COC(=O)CCCCC/C=C\C/C=C\C/C=C\C/C=C\C/C=C\CC)OC(=O)CCCCCC/C=C\C/C=C\C/C=C\CC. The van der Waals surface area contributed by atoms with E-state index >= 15 is 0 Å². The van der Waals surface area contributed by atoms with Gasteiger partial charge in [0.25, 0.3) is 0 Å². The van der Waals surface area contributed by atoms with E-state index in [-0.39, 0.29) is 37.5 Å². The molecular formula is C58H90O6. The number of unbranched alkanes of at least 4 members (excludes halogenated alkanes) is 12. The summed E-state index contributed by atoms with van der Waals surface area (Å²) in [6, 6.07) is 0. The summed E-state index contributed by atoms with van der Waals surface area (Å²) >= 11 is 0. The van der Waals surface area contributed by atoms with E-state index < -0.39 is 6.10 Å². The summed E-state index contributed by atoms with van der Waals surface area (Å²) in [4.78, 5) is 38.0. The summed E-state index contributed by atoms with van der Waals surface area (Å²) < 4.78 is 16.7. The third-order valence-electron chi connectivity index (χ3n) is 9.94. The molecule has 1 atom stereocenters. The molecule has 0 heterocycles. The average molecular weight is 883 g/mol. The Morgan fingerprint density at radius 1 is 0.328 bits per heavy atom. The molecule has 0 aromatic carbocycles. The highest BCUT2D eigenvalue weighted by Crippen LogP contribution is 2.12. The van der Waals surface area contributed by atoms with Crippen molar-refractivity contribution in [3.8, 4) is 0 Å². The van der Waals surface area contributed by atoms with Crippen LogP contribution in [0.2, 0.25) is 0 Å². The second kappa shape index (κ2) is 51.2. The average Bonchev–Trinajstić information content (AvgIpc) is 3.29. The first-order valence-electron chi connectivity index (χ1n) is 25.2. The highest BCUT2D eigenvalue weighted by molar-refractivity contribution is 5.71. The van der Waals surface area contributed by atoms with E-state index in [9.17, 15) is 14.4 Å². The second-order valence-electron chi connectivity index (χ2n) is 16.0. The topological polar surface area (TPSA) is 78.9 Å². The number of ether oxygens (including phenoxy) is 3. The highest BCUT2D eigenvalue weighted by atomic mass is 16.6. The van der Waals surface area contributed by atoms with Gasteiger partial charge in [0.05, 0.1) is 0 Å². The molecule has 0 rings (SSSR count). The summed E-state index contributed by atoms with van der Waals surface area (Å²) in [6.45, 7) is 6.18. The molecular weight excluding hydrogens is 793 g/mol. The first-order chi connectivity index (χ1) is 31.5. The minimum absolute atomic E-state index is 0.114. The Hall–Kier alpha value is -4.45. The third kappa shape index (κ3) is 48.6. The van der Waals surface area contributed by atoms with E-state index in [2.05, 4.69) is 148 Å². The lowest BCUT2D eigenvalue weighted by Crippen LogP contribution is -2.30. The minimum Gasteiger partial charge on any atom is -0.462 e. The largest absolute Gasteiger partial charge is 0.462 e. The standard InChI is InChI=1S/C58H90O6/c1-4-7-10-13-16-19-22-25-27-28-29-30-31-34-36-39-42-45-48-51-57(60)63-54-55(53-62-56(59)50-47-44-41-38-35-32-24-21-18-15-12-9-6-3)64-58(61)52-49-46-43-40-37-33-26-23-20-17-14-11-8-5-2/h7-12,15-21,24-27,29-30,33-34,36,55H,4-6,13-14,22-23,28,31-32,35,37-54H2,1-3H3/b10-7-,11-8-,12-9-,18-15-,19-16-,20-17-,24-21-,27-25-,30-29-,33-26-,36-34-. The fourth-order valence-electron chi connectivity index (χ4n) is 6.25. The van der Waals surface area contributed by atoms with Crippen molar-refractivity contribution in [3.05, 3.63) is 134 Å². The number of esters is 3. The quantitative estimate of drug-likeness (QED) is 0.0200. The van der Waals surface area contributed by atoms with Crippen LogP contribution in [0.1, 0.15) is 194 Å². The lowest BCUT2D eigenvalue weighted by Gasteiger charge is -2.18. The van der Waals surface area contributed by atoms with Crippen LogP contribution in [-0.4, -0.2) is 37.2 Å². The lowest BCUT2D eigenvalue weighted by molar-refractivity contribution is -0.167. The molecule has 64 heavy (non-hydrogen) atoms. The molecule has 0 aromatic rings. The molecule has 0 saturated carbocycles. The van der Waals surface area contributed by atoms with Crippen LogP contribution in [0.3, 0.4) is 0 Å². The summed E-state index contributed by atoms with van der Waals surface area (Å²) in [5, 5.41) is 0. The number of rotatable bonds is 43. The van der Waals surface area contributed by atoms with Gasteiger partial charge >= 0.3 is 17.9 Å². The normalized spacial score (nSPS) is 13.2. The molecule has 0 aromatic heterocycles. The van der Waals surface area contributed by atoms with E-state index in [0.29, 0.717) is 12.8 Å². The summed E-state index contributed by atoms with van der Waals surface area (Å²) in [6.07, 6.45) is 71.5. The Bertz CT molecular complexity index is 1430. The molecule has 0 bridgehead atoms.